The van der Waals surface area contributed by atoms with Gasteiger partial charge in [0.15, 0.2) is 10.8 Å². The minimum absolute atomic E-state index is 0.122. The summed E-state index contributed by atoms with van der Waals surface area (Å²) < 4.78 is 7.96. The Morgan fingerprint density at radius 3 is 2.63 bits per heavy atom. The fraction of sp³-hybridized carbons (Fsp3) is 0.240. The second-order valence-electron chi connectivity index (χ2n) is 8.42. The lowest BCUT2D eigenvalue weighted by Gasteiger charge is -2.14. The van der Waals surface area contributed by atoms with Crippen LogP contribution in [0.2, 0.25) is 0 Å². The van der Waals surface area contributed by atoms with Crippen molar-refractivity contribution in [3.63, 3.8) is 0 Å². The van der Waals surface area contributed by atoms with Gasteiger partial charge in [-0.2, -0.15) is 5.10 Å². The first-order valence-electron chi connectivity index (χ1n) is 11.0. The molecule has 4 aromatic rings. The van der Waals surface area contributed by atoms with E-state index in [0.717, 1.165) is 11.3 Å². The highest BCUT2D eigenvalue weighted by atomic mass is 32.2. The fourth-order valence-electron chi connectivity index (χ4n) is 4.06. The predicted octanol–water partition coefficient (Wildman–Crippen LogP) is 3.66. The average Bonchev–Trinajstić information content (AvgIpc) is 3.46. The Hall–Kier alpha value is -3.92. The Kier molecular flexibility index (Phi) is 5.89. The topological polar surface area (TPSA) is 108 Å². The summed E-state index contributed by atoms with van der Waals surface area (Å²) in [5.74, 6) is -0.103. The SMILES string of the molecule is COC(=O)c1ccc(NC(=O)CC2CSc3nc4c(cnn4-c4ccc(C)c(C)c4)c(=O)n32)cc1. The van der Waals surface area contributed by atoms with Crippen LogP contribution in [0.1, 0.15) is 33.9 Å². The van der Waals surface area contributed by atoms with E-state index in [0.29, 0.717) is 33.2 Å². The van der Waals surface area contributed by atoms with Gasteiger partial charge in [-0.25, -0.2) is 14.5 Å². The van der Waals surface area contributed by atoms with Crippen molar-refractivity contribution in [3.05, 3.63) is 75.7 Å². The van der Waals surface area contributed by atoms with Crippen molar-refractivity contribution in [2.45, 2.75) is 31.5 Å². The summed E-state index contributed by atoms with van der Waals surface area (Å²) in [5, 5.41) is 8.24. The second kappa shape index (κ2) is 9.03. The summed E-state index contributed by atoms with van der Waals surface area (Å²) in [6.45, 7) is 4.08. The van der Waals surface area contributed by atoms with Gasteiger partial charge in [-0.1, -0.05) is 17.8 Å². The number of carbonyl (C=O) groups is 2. The minimum atomic E-state index is -0.443. The van der Waals surface area contributed by atoms with Crippen molar-refractivity contribution >= 4 is 40.4 Å². The molecule has 0 fully saturated rings. The lowest BCUT2D eigenvalue weighted by molar-refractivity contribution is -0.116. The van der Waals surface area contributed by atoms with Gasteiger partial charge in [0.25, 0.3) is 5.56 Å². The number of thioether (sulfide) groups is 1. The number of nitrogens with zero attached hydrogens (tertiary/aromatic N) is 4. The van der Waals surface area contributed by atoms with Crippen molar-refractivity contribution < 1.29 is 14.3 Å². The molecule has 0 spiro atoms. The molecule has 2 aromatic heterocycles. The maximum absolute atomic E-state index is 13.3. The Morgan fingerprint density at radius 1 is 1.14 bits per heavy atom. The van der Waals surface area contributed by atoms with E-state index in [-0.39, 0.29) is 23.9 Å². The van der Waals surface area contributed by atoms with E-state index < -0.39 is 5.97 Å². The van der Waals surface area contributed by atoms with Gasteiger partial charge in [0.1, 0.15) is 5.39 Å². The van der Waals surface area contributed by atoms with E-state index in [4.69, 9.17) is 4.98 Å². The Bertz CT molecular complexity index is 1520. The first-order valence-corrected chi connectivity index (χ1v) is 12.0. The second-order valence-corrected chi connectivity index (χ2v) is 9.40. The van der Waals surface area contributed by atoms with Gasteiger partial charge in [0.05, 0.1) is 30.6 Å². The Balaban J connectivity index is 1.38. The summed E-state index contributed by atoms with van der Waals surface area (Å²) in [6.07, 6.45) is 1.66. The van der Waals surface area contributed by atoms with E-state index in [1.54, 1.807) is 33.5 Å². The average molecular weight is 490 g/mol. The van der Waals surface area contributed by atoms with Crippen molar-refractivity contribution in [2.24, 2.45) is 0 Å². The number of nitrogens with one attached hydrogen (secondary N) is 1. The standard InChI is InChI=1S/C25H23N5O4S/c1-14-4-9-18(10-15(14)2)30-22-20(12-26-30)23(32)29-19(13-35-25(29)28-22)11-21(31)27-17-7-5-16(6-8-17)24(33)34-3/h4-10,12,19H,11,13H2,1-3H3,(H,27,31). The third-order valence-corrected chi connectivity index (χ3v) is 7.21. The monoisotopic (exact) mass is 489 g/mol. The van der Waals surface area contributed by atoms with Crippen molar-refractivity contribution in [1.82, 2.24) is 19.3 Å². The zero-order chi connectivity index (χ0) is 24.7. The summed E-state index contributed by atoms with van der Waals surface area (Å²) in [5.41, 5.74) is 4.41. The number of hydrogen-bond donors (Lipinski definition) is 1. The Labute approximate surface area is 205 Å². The molecule has 0 aliphatic carbocycles. The lowest BCUT2D eigenvalue weighted by atomic mass is 10.1. The highest BCUT2D eigenvalue weighted by Gasteiger charge is 2.29. The zero-order valence-electron chi connectivity index (χ0n) is 19.4. The molecule has 1 amide bonds. The molecule has 0 radical (unpaired) electrons. The van der Waals surface area contributed by atoms with Crippen LogP contribution in [0.15, 0.2) is 58.6 Å². The van der Waals surface area contributed by atoms with Gasteiger partial charge in [-0.15, -0.1) is 0 Å². The van der Waals surface area contributed by atoms with E-state index >= 15 is 0 Å². The molecule has 1 atom stereocenters. The van der Waals surface area contributed by atoms with Gasteiger partial charge < -0.3 is 10.1 Å². The molecule has 178 valence electrons. The van der Waals surface area contributed by atoms with Crippen LogP contribution >= 0.6 is 11.8 Å². The number of aryl methyl sites for hydroxylation is 2. The lowest BCUT2D eigenvalue weighted by Crippen LogP contribution is -2.27. The molecule has 0 saturated heterocycles. The number of fused-ring (bicyclic) bond motifs is 2. The fourth-order valence-corrected chi connectivity index (χ4v) is 5.19. The normalized spacial score (nSPS) is 14.7. The molecular weight excluding hydrogens is 466 g/mol. The molecule has 1 aliphatic heterocycles. The molecule has 9 nitrogen and oxygen atoms in total. The zero-order valence-corrected chi connectivity index (χ0v) is 20.3. The Morgan fingerprint density at radius 2 is 1.91 bits per heavy atom. The van der Waals surface area contributed by atoms with Crippen molar-refractivity contribution in [1.29, 1.82) is 0 Å². The smallest absolute Gasteiger partial charge is 0.337 e. The largest absolute Gasteiger partial charge is 0.465 e. The number of hydrogen-bond acceptors (Lipinski definition) is 7. The molecule has 0 bridgehead atoms. The van der Waals surface area contributed by atoms with E-state index in [1.807, 2.05) is 32.0 Å². The van der Waals surface area contributed by atoms with Gasteiger partial charge in [0.2, 0.25) is 5.91 Å². The highest BCUT2D eigenvalue weighted by Crippen LogP contribution is 2.33. The first kappa shape index (κ1) is 22.9. The number of carbonyl (C=O) groups excluding carboxylic acids is 2. The third-order valence-electron chi connectivity index (χ3n) is 6.12. The predicted molar refractivity (Wildman–Crippen MR) is 133 cm³/mol. The van der Waals surface area contributed by atoms with Crippen LogP contribution in [0.3, 0.4) is 0 Å². The molecule has 1 N–H and O–H groups in total. The summed E-state index contributed by atoms with van der Waals surface area (Å²) in [7, 11) is 1.31. The third kappa shape index (κ3) is 4.21. The van der Waals surface area contributed by atoms with E-state index in [2.05, 4.69) is 15.2 Å². The van der Waals surface area contributed by atoms with Gasteiger partial charge in [0, 0.05) is 17.9 Å². The van der Waals surface area contributed by atoms with Gasteiger partial charge in [-0.05, 0) is 61.4 Å². The summed E-state index contributed by atoms with van der Waals surface area (Å²) >= 11 is 1.45. The van der Waals surface area contributed by atoms with Crippen LogP contribution in [0.25, 0.3) is 16.7 Å². The number of aromatic nitrogens is 4. The van der Waals surface area contributed by atoms with Crippen LogP contribution < -0.4 is 10.9 Å². The van der Waals surface area contributed by atoms with E-state index in [1.165, 1.54) is 30.6 Å². The van der Waals surface area contributed by atoms with Crippen LogP contribution in [-0.2, 0) is 9.53 Å². The molecule has 1 aliphatic rings. The molecule has 5 rings (SSSR count). The van der Waals surface area contributed by atoms with Crippen LogP contribution in [0, 0.1) is 13.8 Å². The molecule has 10 heteroatoms. The number of esters is 1. The molecule has 0 saturated carbocycles. The number of rotatable bonds is 5. The molecule has 2 aromatic carbocycles. The highest BCUT2D eigenvalue weighted by molar-refractivity contribution is 7.99. The first-order chi connectivity index (χ1) is 16.9. The number of amides is 1. The molecule has 3 heterocycles. The maximum atomic E-state index is 13.3. The van der Waals surface area contributed by atoms with Gasteiger partial charge in [-0.3, -0.25) is 14.2 Å². The minimum Gasteiger partial charge on any atom is -0.465 e. The number of anilines is 1. The van der Waals surface area contributed by atoms with Crippen molar-refractivity contribution in [3.8, 4) is 5.69 Å². The summed E-state index contributed by atoms with van der Waals surface area (Å²) in [6, 6.07) is 12.1. The number of methoxy groups -OCH3 is 1. The number of ether oxygens (including phenoxy) is 1. The number of benzene rings is 2. The van der Waals surface area contributed by atoms with E-state index in [9.17, 15) is 14.4 Å². The maximum Gasteiger partial charge on any atom is 0.337 e. The quantitative estimate of drug-likeness (QED) is 0.337. The van der Waals surface area contributed by atoms with Crippen LogP contribution in [-0.4, -0.2) is 44.1 Å². The molecule has 1 unspecified atom stereocenters. The molecule has 35 heavy (non-hydrogen) atoms. The van der Waals surface area contributed by atoms with Crippen molar-refractivity contribution in [2.75, 3.05) is 18.2 Å². The summed E-state index contributed by atoms with van der Waals surface area (Å²) in [4.78, 5) is 42.4. The van der Waals surface area contributed by atoms with Crippen LogP contribution in [0.4, 0.5) is 5.69 Å². The van der Waals surface area contributed by atoms with Gasteiger partial charge >= 0.3 is 5.97 Å². The van der Waals surface area contributed by atoms with Crippen LogP contribution in [0.5, 0.6) is 0 Å². The molecular formula is C25H23N5O4S.